The minimum Gasteiger partial charge on any atom is -0.364 e. The summed E-state index contributed by atoms with van der Waals surface area (Å²) in [5, 5.41) is 14.4. The molecule has 0 aliphatic carbocycles. The first-order chi connectivity index (χ1) is 11.8. The smallest absolute Gasteiger partial charge is 0.194 e. The molecule has 0 amide bonds. The first kappa shape index (κ1) is 19.7. The van der Waals surface area contributed by atoms with Crippen molar-refractivity contribution < 1.29 is 4.52 Å². The summed E-state index contributed by atoms with van der Waals surface area (Å²) in [6, 6.07) is 1.92. The number of aromatic nitrogens is 3. The van der Waals surface area contributed by atoms with Gasteiger partial charge in [-0.25, -0.2) is 4.99 Å². The number of rotatable bonds is 5. The Morgan fingerprint density at radius 3 is 2.76 bits per heavy atom. The van der Waals surface area contributed by atoms with Crippen molar-refractivity contribution in [2.45, 2.75) is 26.9 Å². The van der Waals surface area contributed by atoms with E-state index in [4.69, 9.17) is 9.52 Å². The first-order valence-corrected chi connectivity index (χ1v) is 8.40. The second kappa shape index (κ2) is 9.76. The topological polar surface area (TPSA) is 85.6 Å². The lowest BCUT2D eigenvalue weighted by Crippen LogP contribution is -2.52. The summed E-state index contributed by atoms with van der Waals surface area (Å²) in [7, 11) is 0. The van der Waals surface area contributed by atoms with E-state index >= 15 is 0 Å². The summed E-state index contributed by atoms with van der Waals surface area (Å²) in [5.74, 6) is 0.971. The van der Waals surface area contributed by atoms with Crippen molar-refractivity contribution in [2.75, 3.05) is 32.7 Å². The predicted molar refractivity (Wildman–Crippen MR) is 107 cm³/mol. The average molecular weight is 459 g/mol. The highest BCUT2D eigenvalue weighted by molar-refractivity contribution is 14.0. The van der Waals surface area contributed by atoms with Crippen LogP contribution in [0.5, 0.6) is 0 Å². The lowest BCUT2D eigenvalue weighted by Gasteiger charge is -2.36. The van der Waals surface area contributed by atoms with Gasteiger partial charge in [-0.3, -0.25) is 10.00 Å². The van der Waals surface area contributed by atoms with E-state index in [9.17, 15) is 0 Å². The van der Waals surface area contributed by atoms with Gasteiger partial charge in [0, 0.05) is 56.6 Å². The van der Waals surface area contributed by atoms with E-state index in [0.717, 1.165) is 62.2 Å². The minimum atomic E-state index is 0. The molecule has 0 bridgehead atoms. The molecule has 0 unspecified atom stereocenters. The van der Waals surface area contributed by atoms with Gasteiger partial charge in [-0.1, -0.05) is 5.16 Å². The fourth-order valence-corrected chi connectivity index (χ4v) is 2.79. The molecule has 138 valence electrons. The van der Waals surface area contributed by atoms with Crippen LogP contribution >= 0.6 is 24.0 Å². The zero-order valence-electron chi connectivity index (χ0n) is 14.7. The summed E-state index contributed by atoms with van der Waals surface area (Å²) in [6.45, 7) is 10.3. The minimum absolute atomic E-state index is 0. The third-order valence-corrected chi connectivity index (χ3v) is 4.22. The lowest BCUT2D eigenvalue weighted by molar-refractivity contribution is 0.169. The van der Waals surface area contributed by atoms with Crippen LogP contribution < -0.4 is 5.32 Å². The van der Waals surface area contributed by atoms with Crippen LogP contribution in [0.15, 0.2) is 28.0 Å². The summed E-state index contributed by atoms with van der Waals surface area (Å²) in [4.78, 5) is 9.47. The van der Waals surface area contributed by atoms with Crippen LogP contribution in [0.3, 0.4) is 0 Å². The number of H-pyrrole nitrogens is 1. The third-order valence-electron chi connectivity index (χ3n) is 4.22. The van der Waals surface area contributed by atoms with E-state index in [1.807, 2.05) is 19.2 Å². The molecule has 9 heteroatoms. The molecule has 0 spiro atoms. The Morgan fingerprint density at radius 1 is 1.36 bits per heavy atom. The number of halogens is 1. The highest BCUT2D eigenvalue weighted by Crippen LogP contribution is 2.09. The first-order valence-electron chi connectivity index (χ1n) is 8.40. The predicted octanol–water partition coefficient (Wildman–Crippen LogP) is 1.61. The highest BCUT2D eigenvalue weighted by atomic mass is 127. The van der Waals surface area contributed by atoms with E-state index in [0.29, 0.717) is 6.54 Å². The van der Waals surface area contributed by atoms with Crippen LogP contribution in [0.1, 0.15) is 23.9 Å². The molecule has 0 atom stereocenters. The van der Waals surface area contributed by atoms with Gasteiger partial charge in [0.2, 0.25) is 0 Å². The number of hydrogen-bond donors (Lipinski definition) is 2. The van der Waals surface area contributed by atoms with Gasteiger partial charge in [-0.15, -0.1) is 24.0 Å². The Morgan fingerprint density at radius 2 is 2.16 bits per heavy atom. The van der Waals surface area contributed by atoms with Crippen LogP contribution in [0, 0.1) is 6.92 Å². The molecule has 0 saturated carbocycles. The zero-order chi connectivity index (χ0) is 16.8. The molecule has 1 fully saturated rings. The van der Waals surface area contributed by atoms with Crippen LogP contribution in [0.4, 0.5) is 0 Å². The number of aromatic amines is 1. The fraction of sp³-hybridized carbons (Fsp3) is 0.562. The zero-order valence-corrected chi connectivity index (χ0v) is 17.1. The number of aryl methyl sites for hydroxylation is 1. The second-order valence-corrected chi connectivity index (χ2v) is 5.94. The SMILES string of the molecule is CCNC(=NCc1cn[nH]c1C)N1CCN(Cc2ccon2)CC1.I. The molecule has 2 aromatic heterocycles. The van der Waals surface area contributed by atoms with Crippen molar-refractivity contribution in [3.05, 3.63) is 35.5 Å². The Labute approximate surface area is 165 Å². The third kappa shape index (κ3) is 5.43. The monoisotopic (exact) mass is 459 g/mol. The number of aliphatic imine (C=N–C) groups is 1. The van der Waals surface area contributed by atoms with Crippen LogP contribution in [-0.4, -0.2) is 63.8 Å². The lowest BCUT2D eigenvalue weighted by atomic mass is 10.2. The van der Waals surface area contributed by atoms with Crippen molar-refractivity contribution in [3.63, 3.8) is 0 Å². The quantitative estimate of drug-likeness (QED) is 0.402. The van der Waals surface area contributed by atoms with Crippen molar-refractivity contribution in [1.29, 1.82) is 0 Å². The van der Waals surface area contributed by atoms with E-state index in [2.05, 4.69) is 37.4 Å². The molecule has 2 N–H and O–H groups in total. The maximum Gasteiger partial charge on any atom is 0.194 e. The Hall–Kier alpha value is -1.62. The van der Waals surface area contributed by atoms with E-state index < -0.39 is 0 Å². The molecule has 8 nitrogen and oxygen atoms in total. The number of hydrogen-bond acceptors (Lipinski definition) is 5. The van der Waals surface area contributed by atoms with Gasteiger partial charge in [0.1, 0.15) is 6.26 Å². The van der Waals surface area contributed by atoms with E-state index in [1.54, 1.807) is 6.26 Å². The molecule has 3 heterocycles. The van der Waals surface area contributed by atoms with Gasteiger partial charge in [0.25, 0.3) is 0 Å². The largest absolute Gasteiger partial charge is 0.364 e. The summed E-state index contributed by atoms with van der Waals surface area (Å²) in [6.07, 6.45) is 3.47. The number of piperazine rings is 1. The summed E-state index contributed by atoms with van der Waals surface area (Å²) in [5.41, 5.74) is 3.20. The van der Waals surface area contributed by atoms with Gasteiger partial charge in [-0.2, -0.15) is 5.10 Å². The van der Waals surface area contributed by atoms with Gasteiger partial charge in [-0.05, 0) is 13.8 Å². The molecule has 1 saturated heterocycles. The van der Waals surface area contributed by atoms with E-state index in [1.165, 1.54) is 0 Å². The van der Waals surface area contributed by atoms with Crippen LogP contribution in [-0.2, 0) is 13.1 Å². The summed E-state index contributed by atoms with van der Waals surface area (Å²) >= 11 is 0. The van der Waals surface area contributed by atoms with Gasteiger partial charge >= 0.3 is 0 Å². The molecule has 3 rings (SSSR count). The molecule has 1 aliphatic rings. The van der Waals surface area contributed by atoms with Crippen molar-refractivity contribution in [1.82, 2.24) is 30.5 Å². The van der Waals surface area contributed by atoms with Crippen LogP contribution in [0.2, 0.25) is 0 Å². The fourth-order valence-electron chi connectivity index (χ4n) is 2.79. The number of nitrogens with zero attached hydrogens (tertiary/aromatic N) is 5. The molecule has 1 aliphatic heterocycles. The Kier molecular flexibility index (Phi) is 7.69. The van der Waals surface area contributed by atoms with Crippen molar-refractivity contribution >= 4 is 29.9 Å². The molecule has 25 heavy (non-hydrogen) atoms. The second-order valence-electron chi connectivity index (χ2n) is 5.94. The normalized spacial score (nSPS) is 15.9. The van der Waals surface area contributed by atoms with Crippen LogP contribution in [0.25, 0.3) is 0 Å². The Bertz CT molecular complexity index is 647. The van der Waals surface area contributed by atoms with Gasteiger partial charge in [0.15, 0.2) is 5.96 Å². The highest BCUT2D eigenvalue weighted by Gasteiger charge is 2.20. The molecule has 0 radical (unpaired) electrons. The van der Waals surface area contributed by atoms with Crippen molar-refractivity contribution in [3.8, 4) is 0 Å². The van der Waals surface area contributed by atoms with Crippen molar-refractivity contribution in [2.24, 2.45) is 4.99 Å². The molecule has 2 aromatic rings. The molecular weight excluding hydrogens is 433 g/mol. The molecule has 0 aromatic carbocycles. The van der Waals surface area contributed by atoms with Gasteiger partial charge in [0.05, 0.1) is 18.4 Å². The average Bonchev–Trinajstić information content (AvgIpc) is 3.24. The van der Waals surface area contributed by atoms with Gasteiger partial charge < -0.3 is 14.7 Å². The maximum atomic E-state index is 4.90. The molecular formula is C16H26IN7O. The summed E-state index contributed by atoms with van der Waals surface area (Å²) < 4.78 is 4.90. The Balaban J connectivity index is 0.00000225. The maximum absolute atomic E-state index is 4.90. The number of nitrogens with one attached hydrogen (secondary N) is 2. The number of guanidine groups is 1. The van der Waals surface area contributed by atoms with E-state index in [-0.39, 0.29) is 24.0 Å². The standard InChI is InChI=1S/C16H25N7O.HI/c1-3-17-16(18-10-14-11-19-20-13(14)2)23-7-5-22(6-8-23)12-15-4-9-24-21-15;/h4,9,11H,3,5-8,10,12H2,1-2H3,(H,17,18)(H,19,20);1H.